The van der Waals surface area contributed by atoms with E-state index in [4.69, 9.17) is 14.7 Å². The average molecular weight is 276 g/mol. The molecule has 0 aliphatic heterocycles. The molecule has 0 spiro atoms. The molecule has 1 aromatic rings. The first kappa shape index (κ1) is 14.7. The molecule has 1 aromatic heterocycles. The molecule has 1 heterocycles. The lowest BCUT2D eigenvalue weighted by Crippen LogP contribution is -2.24. The number of nitrogens with two attached hydrogens (primary N) is 1. The topological polar surface area (TPSA) is 123 Å². The van der Waals surface area contributed by atoms with Gasteiger partial charge in [-0.15, -0.1) is 0 Å². The number of carbonyl (C=O) groups excluding carboxylic acids is 1. The first-order valence-corrected chi connectivity index (χ1v) is 7.01. The highest BCUT2D eigenvalue weighted by Gasteiger charge is 2.16. The van der Waals surface area contributed by atoms with Gasteiger partial charge >= 0.3 is 0 Å². The van der Waals surface area contributed by atoms with Crippen molar-refractivity contribution in [3.05, 3.63) is 17.9 Å². The number of rotatable bonds is 7. The van der Waals surface area contributed by atoms with Gasteiger partial charge in [0.25, 0.3) is 15.9 Å². The molecule has 0 saturated carbocycles. The van der Waals surface area contributed by atoms with Gasteiger partial charge in [-0.05, 0) is 31.4 Å². The van der Waals surface area contributed by atoms with Gasteiger partial charge in [0.15, 0.2) is 5.76 Å². The summed E-state index contributed by atoms with van der Waals surface area (Å²) < 4.78 is 26.7. The van der Waals surface area contributed by atoms with E-state index >= 15 is 0 Å². The summed E-state index contributed by atoms with van der Waals surface area (Å²) in [6.45, 7) is 0.564. The Morgan fingerprint density at radius 3 is 2.61 bits per heavy atom. The van der Waals surface area contributed by atoms with Gasteiger partial charge < -0.3 is 14.8 Å². The quantitative estimate of drug-likeness (QED) is 0.596. The van der Waals surface area contributed by atoms with Crippen LogP contribution >= 0.6 is 0 Å². The Bertz CT molecular complexity index is 494. The van der Waals surface area contributed by atoms with Gasteiger partial charge in [0, 0.05) is 13.2 Å². The number of carbonyl (C=O) groups is 1. The summed E-state index contributed by atoms with van der Waals surface area (Å²) in [5.74, 6) is -0.588. The average Bonchev–Trinajstić information content (AvgIpc) is 2.77. The van der Waals surface area contributed by atoms with Crippen LogP contribution in [0.5, 0.6) is 0 Å². The molecule has 0 bridgehead atoms. The van der Waals surface area contributed by atoms with Crippen molar-refractivity contribution in [2.45, 2.75) is 24.4 Å². The number of amides is 1. The minimum Gasteiger partial charge on any atom is -0.438 e. The number of aliphatic hydroxyl groups is 1. The molecular formula is C10H16N2O5S. The van der Waals surface area contributed by atoms with E-state index in [0.717, 1.165) is 18.9 Å². The molecule has 102 valence electrons. The van der Waals surface area contributed by atoms with Crippen molar-refractivity contribution in [3.8, 4) is 0 Å². The van der Waals surface area contributed by atoms with Crippen LogP contribution in [0.15, 0.2) is 21.6 Å². The molecule has 0 aliphatic carbocycles. The van der Waals surface area contributed by atoms with Crippen LogP contribution in [0.3, 0.4) is 0 Å². The molecule has 0 unspecified atom stereocenters. The Balaban J connectivity index is 2.45. The highest BCUT2D eigenvalue weighted by molar-refractivity contribution is 7.89. The van der Waals surface area contributed by atoms with Crippen LogP contribution in [0.2, 0.25) is 0 Å². The number of aliphatic hydroxyl groups excluding tert-OH is 1. The molecule has 0 radical (unpaired) electrons. The highest BCUT2D eigenvalue weighted by atomic mass is 32.2. The number of furan rings is 1. The molecule has 0 fully saturated rings. The molecule has 7 nitrogen and oxygen atoms in total. The smallest absolute Gasteiger partial charge is 0.287 e. The van der Waals surface area contributed by atoms with Gasteiger partial charge in [-0.1, -0.05) is 0 Å². The maximum atomic E-state index is 11.5. The zero-order valence-electron chi connectivity index (χ0n) is 9.76. The fraction of sp³-hybridized carbons (Fsp3) is 0.500. The maximum Gasteiger partial charge on any atom is 0.287 e. The summed E-state index contributed by atoms with van der Waals surface area (Å²) >= 11 is 0. The van der Waals surface area contributed by atoms with Gasteiger partial charge in [-0.2, -0.15) is 0 Å². The summed E-state index contributed by atoms with van der Waals surface area (Å²) in [5.41, 5.74) is 0. The number of unbranched alkanes of at least 4 members (excludes halogenated alkanes) is 2. The van der Waals surface area contributed by atoms with Gasteiger partial charge in [-0.25, -0.2) is 13.6 Å². The molecule has 0 aromatic carbocycles. The zero-order valence-corrected chi connectivity index (χ0v) is 10.6. The standard InChI is InChI=1S/C10H16N2O5S/c11-18(15,16)9-5-4-8(17-9)10(14)12-6-2-1-3-7-13/h4-5,13H,1-3,6-7H2,(H,12,14)(H2,11,15,16). The van der Waals surface area contributed by atoms with Crippen molar-refractivity contribution in [2.75, 3.05) is 13.2 Å². The highest BCUT2D eigenvalue weighted by Crippen LogP contribution is 2.11. The fourth-order valence-corrected chi connectivity index (χ4v) is 1.76. The molecule has 0 atom stereocenters. The van der Waals surface area contributed by atoms with Crippen LogP contribution in [0.4, 0.5) is 0 Å². The van der Waals surface area contributed by atoms with Crippen LogP contribution < -0.4 is 10.5 Å². The van der Waals surface area contributed by atoms with Crippen molar-refractivity contribution < 1.29 is 22.7 Å². The second-order valence-electron chi connectivity index (χ2n) is 3.70. The normalized spacial score (nSPS) is 11.4. The molecular weight excluding hydrogens is 260 g/mol. The lowest BCUT2D eigenvalue weighted by Gasteiger charge is -2.02. The molecule has 8 heteroatoms. The van der Waals surface area contributed by atoms with Gasteiger partial charge in [0.2, 0.25) is 5.09 Å². The van der Waals surface area contributed by atoms with Gasteiger partial charge in [0.05, 0.1) is 0 Å². The van der Waals surface area contributed by atoms with E-state index in [1.165, 1.54) is 6.07 Å². The number of sulfonamides is 1. The van der Waals surface area contributed by atoms with Crippen LogP contribution in [-0.2, 0) is 10.0 Å². The monoisotopic (exact) mass is 276 g/mol. The molecule has 1 rings (SSSR count). The zero-order chi connectivity index (χ0) is 13.6. The SMILES string of the molecule is NS(=O)(=O)c1ccc(C(=O)NCCCCCO)o1. The molecule has 4 N–H and O–H groups in total. The van der Waals surface area contributed by atoms with E-state index < -0.39 is 21.0 Å². The Morgan fingerprint density at radius 2 is 2.06 bits per heavy atom. The largest absolute Gasteiger partial charge is 0.438 e. The first-order valence-electron chi connectivity index (χ1n) is 5.47. The van der Waals surface area contributed by atoms with Crippen LogP contribution in [-0.4, -0.2) is 32.6 Å². The summed E-state index contributed by atoms with van der Waals surface area (Å²) in [5, 5.41) is 15.5. The van der Waals surface area contributed by atoms with Crippen molar-refractivity contribution in [3.63, 3.8) is 0 Å². The van der Waals surface area contributed by atoms with Crippen molar-refractivity contribution in [1.29, 1.82) is 0 Å². The Morgan fingerprint density at radius 1 is 1.33 bits per heavy atom. The van der Waals surface area contributed by atoms with E-state index in [9.17, 15) is 13.2 Å². The Hall–Kier alpha value is -1.38. The third-order valence-corrected chi connectivity index (χ3v) is 2.99. The Labute approximate surface area is 105 Å². The lowest BCUT2D eigenvalue weighted by molar-refractivity contribution is 0.0920. The molecule has 18 heavy (non-hydrogen) atoms. The van der Waals surface area contributed by atoms with E-state index in [-0.39, 0.29) is 12.4 Å². The number of hydrogen-bond acceptors (Lipinski definition) is 5. The van der Waals surface area contributed by atoms with Gasteiger partial charge in [-0.3, -0.25) is 4.79 Å². The third-order valence-electron chi connectivity index (χ3n) is 2.21. The lowest BCUT2D eigenvalue weighted by atomic mass is 10.2. The summed E-state index contributed by atoms with van der Waals surface area (Å²) in [6, 6.07) is 2.39. The maximum absolute atomic E-state index is 11.5. The predicted octanol–water partition coefficient (Wildman–Crippen LogP) is -0.181. The van der Waals surface area contributed by atoms with Gasteiger partial charge in [0.1, 0.15) is 0 Å². The predicted molar refractivity (Wildman–Crippen MR) is 63.4 cm³/mol. The van der Waals surface area contributed by atoms with Crippen molar-refractivity contribution in [1.82, 2.24) is 5.32 Å². The minimum atomic E-state index is -3.92. The number of primary sulfonamides is 1. The summed E-state index contributed by atoms with van der Waals surface area (Å²) in [4.78, 5) is 11.5. The number of hydrogen-bond donors (Lipinski definition) is 3. The van der Waals surface area contributed by atoms with E-state index in [0.29, 0.717) is 13.0 Å². The van der Waals surface area contributed by atoms with Crippen molar-refractivity contribution >= 4 is 15.9 Å². The fourth-order valence-electron chi connectivity index (χ4n) is 1.30. The molecule has 0 saturated heterocycles. The minimum absolute atomic E-state index is 0.0961. The Kier molecular flexibility index (Phi) is 5.32. The second kappa shape index (κ2) is 6.53. The third kappa shape index (κ3) is 4.47. The summed E-state index contributed by atoms with van der Waals surface area (Å²) in [6.07, 6.45) is 2.22. The number of nitrogens with one attached hydrogen (secondary N) is 1. The second-order valence-corrected chi connectivity index (χ2v) is 5.20. The molecule has 0 aliphatic rings. The van der Waals surface area contributed by atoms with Crippen molar-refractivity contribution in [2.24, 2.45) is 5.14 Å². The van der Waals surface area contributed by atoms with Crippen LogP contribution in [0, 0.1) is 0 Å². The van der Waals surface area contributed by atoms with Crippen LogP contribution in [0.1, 0.15) is 29.8 Å². The van der Waals surface area contributed by atoms with E-state index in [2.05, 4.69) is 5.32 Å². The van der Waals surface area contributed by atoms with E-state index in [1.807, 2.05) is 0 Å². The molecule has 1 amide bonds. The first-order chi connectivity index (χ1) is 8.45. The van der Waals surface area contributed by atoms with Crippen LogP contribution in [0.25, 0.3) is 0 Å². The summed E-state index contributed by atoms with van der Waals surface area (Å²) in [7, 11) is -3.92. The van der Waals surface area contributed by atoms with E-state index in [1.54, 1.807) is 0 Å².